The smallest absolute Gasteiger partial charge is 0.251 e. The van der Waals surface area contributed by atoms with Gasteiger partial charge in [-0.05, 0) is 43.3 Å². The number of fused-ring (bicyclic) bond motifs is 1. The van der Waals surface area contributed by atoms with Crippen LogP contribution in [0.15, 0.2) is 53.7 Å². The molecule has 0 fully saturated rings. The minimum Gasteiger partial charge on any atom is -0.342 e. The van der Waals surface area contributed by atoms with Gasteiger partial charge in [-0.2, -0.15) is 0 Å². The Balaban J connectivity index is 1.34. The van der Waals surface area contributed by atoms with Crippen LogP contribution in [0.3, 0.4) is 0 Å². The number of nitrogens with zero attached hydrogens (tertiary/aromatic N) is 4. The van der Waals surface area contributed by atoms with Crippen LogP contribution >= 0.6 is 23.1 Å². The summed E-state index contributed by atoms with van der Waals surface area (Å²) in [5, 5.41) is 15.0. The first kappa shape index (κ1) is 21.9. The molecule has 164 valence electrons. The minimum atomic E-state index is -0.434. The summed E-state index contributed by atoms with van der Waals surface area (Å²) < 4.78 is 15.8. The lowest BCUT2D eigenvalue weighted by Crippen LogP contribution is -2.28. The number of benzene rings is 2. The molecule has 0 saturated carbocycles. The van der Waals surface area contributed by atoms with E-state index in [4.69, 9.17) is 0 Å². The molecule has 0 bridgehead atoms. The Morgan fingerprint density at radius 1 is 1.16 bits per heavy atom. The van der Waals surface area contributed by atoms with Gasteiger partial charge in [0, 0.05) is 12.6 Å². The summed E-state index contributed by atoms with van der Waals surface area (Å²) in [7, 11) is 1.77. The van der Waals surface area contributed by atoms with E-state index in [2.05, 4.69) is 25.8 Å². The van der Waals surface area contributed by atoms with E-state index in [0.29, 0.717) is 21.7 Å². The van der Waals surface area contributed by atoms with Gasteiger partial charge in [-0.3, -0.25) is 9.59 Å². The zero-order valence-corrected chi connectivity index (χ0v) is 18.8. The molecule has 2 aromatic heterocycles. The van der Waals surface area contributed by atoms with Crippen LogP contribution in [-0.4, -0.2) is 37.3 Å². The first-order valence-corrected chi connectivity index (χ1v) is 11.4. The lowest BCUT2D eigenvalue weighted by Gasteiger charge is -2.13. The van der Waals surface area contributed by atoms with Gasteiger partial charge in [0.25, 0.3) is 5.91 Å². The molecule has 0 spiro atoms. The molecule has 0 saturated heterocycles. The van der Waals surface area contributed by atoms with Crippen LogP contribution in [0.25, 0.3) is 10.2 Å². The first-order valence-electron chi connectivity index (χ1n) is 9.64. The van der Waals surface area contributed by atoms with Crippen LogP contribution in [0.1, 0.15) is 29.1 Å². The van der Waals surface area contributed by atoms with E-state index in [0.717, 1.165) is 10.2 Å². The quantitative estimate of drug-likeness (QED) is 0.399. The molecular weight excluding hydrogens is 451 g/mol. The normalized spacial score (nSPS) is 12.0. The highest BCUT2D eigenvalue weighted by molar-refractivity contribution is 7.99. The Morgan fingerprint density at radius 3 is 2.66 bits per heavy atom. The van der Waals surface area contributed by atoms with Crippen molar-refractivity contribution in [1.82, 2.24) is 25.1 Å². The monoisotopic (exact) mass is 470 g/mol. The Morgan fingerprint density at radius 2 is 1.91 bits per heavy atom. The summed E-state index contributed by atoms with van der Waals surface area (Å²) in [6.07, 6.45) is 0. The molecule has 32 heavy (non-hydrogen) atoms. The van der Waals surface area contributed by atoms with E-state index in [1.807, 2.05) is 24.3 Å². The fourth-order valence-electron chi connectivity index (χ4n) is 2.99. The summed E-state index contributed by atoms with van der Waals surface area (Å²) in [6.45, 7) is 1.78. The van der Waals surface area contributed by atoms with Crippen molar-refractivity contribution in [3.8, 4) is 0 Å². The molecular formula is C21H19FN6O2S2. The van der Waals surface area contributed by atoms with Gasteiger partial charge in [0.05, 0.1) is 22.0 Å². The van der Waals surface area contributed by atoms with Crippen molar-refractivity contribution in [2.24, 2.45) is 7.05 Å². The predicted molar refractivity (Wildman–Crippen MR) is 122 cm³/mol. The number of anilines is 1. The van der Waals surface area contributed by atoms with Gasteiger partial charge in [0.1, 0.15) is 5.82 Å². The topological polar surface area (TPSA) is 102 Å². The fraction of sp³-hybridized carbons (Fsp3) is 0.190. The van der Waals surface area contributed by atoms with Gasteiger partial charge in [-0.1, -0.05) is 35.2 Å². The summed E-state index contributed by atoms with van der Waals surface area (Å²) >= 11 is 2.65. The molecule has 0 aliphatic heterocycles. The van der Waals surface area contributed by atoms with E-state index in [9.17, 15) is 14.0 Å². The maximum absolute atomic E-state index is 13.0. The Hall–Kier alpha value is -3.31. The second-order valence-electron chi connectivity index (χ2n) is 6.93. The first-order chi connectivity index (χ1) is 15.4. The van der Waals surface area contributed by atoms with Crippen molar-refractivity contribution in [3.05, 3.63) is 65.7 Å². The molecule has 4 aromatic rings. The standard InChI is InChI=1S/C21H19FN6O2S2/c1-12(23-19(30)13-7-9-14(22)10-8-13)18-26-27-21(28(18)2)31-11-17(29)25-20-24-15-5-3-4-6-16(15)32-20/h3-10,12H,11H2,1-2H3,(H,23,30)(H,24,25,29)/t12-/m1/s1. The van der Waals surface area contributed by atoms with E-state index in [1.54, 1.807) is 18.5 Å². The highest BCUT2D eigenvalue weighted by atomic mass is 32.2. The number of thioether (sulfide) groups is 1. The molecule has 0 radical (unpaired) electrons. The highest BCUT2D eigenvalue weighted by Gasteiger charge is 2.19. The van der Waals surface area contributed by atoms with Crippen LogP contribution in [-0.2, 0) is 11.8 Å². The number of amides is 2. The maximum atomic E-state index is 13.0. The number of hydrogen-bond acceptors (Lipinski definition) is 7. The number of hydrogen-bond donors (Lipinski definition) is 2. The van der Waals surface area contributed by atoms with Crippen LogP contribution in [0.5, 0.6) is 0 Å². The summed E-state index contributed by atoms with van der Waals surface area (Å²) in [5.41, 5.74) is 1.19. The summed E-state index contributed by atoms with van der Waals surface area (Å²) in [5.74, 6) is -0.273. The number of halogens is 1. The van der Waals surface area contributed by atoms with Crippen LogP contribution in [0.4, 0.5) is 9.52 Å². The number of carbonyl (C=O) groups excluding carboxylic acids is 2. The van der Waals surface area contributed by atoms with E-state index in [-0.39, 0.29) is 17.6 Å². The molecule has 0 unspecified atom stereocenters. The largest absolute Gasteiger partial charge is 0.342 e. The van der Waals surface area contributed by atoms with Gasteiger partial charge >= 0.3 is 0 Å². The van der Waals surface area contributed by atoms with Crippen molar-refractivity contribution in [2.45, 2.75) is 18.1 Å². The van der Waals surface area contributed by atoms with Crippen molar-refractivity contribution in [3.63, 3.8) is 0 Å². The third-order valence-electron chi connectivity index (χ3n) is 4.58. The number of para-hydroxylation sites is 1. The average Bonchev–Trinajstić information content (AvgIpc) is 3.35. The third-order valence-corrected chi connectivity index (χ3v) is 6.55. The molecule has 2 amide bonds. The van der Waals surface area contributed by atoms with E-state index >= 15 is 0 Å². The fourth-order valence-corrected chi connectivity index (χ4v) is 4.59. The van der Waals surface area contributed by atoms with E-state index in [1.165, 1.54) is 47.4 Å². The highest BCUT2D eigenvalue weighted by Crippen LogP contribution is 2.26. The average molecular weight is 471 g/mol. The minimum absolute atomic E-state index is 0.137. The number of rotatable bonds is 7. The molecule has 4 rings (SSSR count). The molecule has 11 heteroatoms. The zero-order valence-electron chi connectivity index (χ0n) is 17.2. The Labute approximate surface area is 191 Å². The number of nitrogens with one attached hydrogen (secondary N) is 2. The van der Waals surface area contributed by atoms with Gasteiger partial charge in [0.2, 0.25) is 5.91 Å². The predicted octanol–water partition coefficient (Wildman–Crippen LogP) is 3.79. The Bertz CT molecular complexity index is 1240. The zero-order chi connectivity index (χ0) is 22.7. The molecule has 0 aliphatic carbocycles. The molecule has 2 N–H and O–H groups in total. The Kier molecular flexibility index (Phi) is 6.47. The van der Waals surface area contributed by atoms with Gasteiger partial charge in [-0.15, -0.1) is 10.2 Å². The van der Waals surface area contributed by atoms with Crippen molar-refractivity contribution >= 4 is 50.3 Å². The second kappa shape index (κ2) is 9.45. The molecule has 2 heterocycles. The van der Waals surface area contributed by atoms with Crippen molar-refractivity contribution in [2.75, 3.05) is 11.1 Å². The van der Waals surface area contributed by atoms with Gasteiger partial charge in [0.15, 0.2) is 16.1 Å². The van der Waals surface area contributed by atoms with Crippen LogP contribution in [0.2, 0.25) is 0 Å². The lowest BCUT2D eigenvalue weighted by molar-refractivity contribution is -0.113. The van der Waals surface area contributed by atoms with Crippen molar-refractivity contribution in [1.29, 1.82) is 0 Å². The van der Waals surface area contributed by atoms with E-state index < -0.39 is 11.9 Å². The van der Waals surface area contributed by atoms with Gasteiger partial charge in [-0.25, -0.2) is 9.37 Å². The van der Waals surface area contributed by atoms with Crippen molar-refractivity contribution < 1.29 is 14.0 Å². The third kappa shape index (κ3) is 4.94. The lowest BCUT2D eigenvalue weighted by atomic mass is 10.2. The SMILES string of the molecule is C[C@@H](NC(=O)c1ccc(F)cc1)c1nnc(SCC(=O)Nc2nc3ccccc3s2)n1C. The molecule has 8 nitrogen and oxygen atoms in total. The summed E-state index contributed by atoms with van der Waals surface area (Å²) in [6, 6.07) is 12.5. The number of aromatic nitrogens is 4. The van der Waals surface area contributed by atoms with Gasteiger partial charge < -0.3 is 15.2 Å². The molecule has 0 aliphatic rings. The second-order valence-corrected chi connectivity index (χ2v) is 8.90. The van der Waals surface area contributed by atoms with Crippen LogP contribution in [0, 0.1) is 5.82 Å². The number of thiazole rings is 1. The number of carbonyl (C=O) groups is 2. The maximum Gasteiger partial charge on any atom is 0.251 e. The summed E-state index contributed by atoms with van der Waals surface area (Å²) in [4.78, 5) is 29.1. The molecule has 2 aromatic carbocycles. The van der Waals surface area contributed by atoms with Crippen LogP contribution < -0.4 is 10.6 Å². The molecule has 1 atom stereocenters.